The molecule has 2 unspecified atom stereocenters. The minimum Gasteiger partial charge on any atom is -0.486 e. The first-order valence-corrected chi connectivity index (χ1v) is 10.1. The molecule has 4 N–H and O–H groups in total. The number of amides is 1. The number of carbonyl (C=O) groups is 1. The second kappa shape index (κ2) is 8.22. The highest BCUT2D eigenvalue weighted by Crippen LogP contribution is 2.28. The number of halogens is 1. The van der Waals surface area contributed by atoms with Gasteiger partial charge in [0.15, 0.2) is 5.82 Å². The van der Waals surface area contributed by atoms with Gasteiger partial charge in [-0.25, -0.2) is 9.97 Å². The average Bonchev–Trinajstić information content (AvgIpc) is 3.31. The van der Waals surface area contributed by atoms with Gasteiger partial charge in [-0.1, -0.05) is 23.7 Å². The summed E-state index contributed by atoms with van der Waals surface area (Å²) in [7, 11) is 0. The molecule has 1 saturated heterocycles. The van der Waals surface area contributed by atoms with E-state index in [1.54, 1.807) is 29.2 Å². The molecule has 158 valence electrons. The lowest BCUT2D eigenvalue weighted by molar-refractivity contribution is 0.0688. The molecule has 4 rings (SSSR count). The zero-order valence-electron chi connectivity index (χ0n) is 16.9. The van der Waals surface area contributed by atoms with Crippen molar-refractivity contribution in [3.05, 3.63) is 57.8 Å². The van der Waals surface area contributed by atoms with E-state index >= 15 is 0 Å². The lowest BCUT2D eigenvalue weighted by Gasteiger charge is -2.21. The molecular formula is C21H24ClN5O3. The van der Waals surface area contributed by atoms with E-state index in [1.165, 1.54) is 0 Å². The maximum absolute atomic E-state index is 13.3. The van der Waals surface area contributed by atoms with E-state index in [1.807, 2.05) is 13.8 Å². The summed E-state index contributed by atoms with van der Waals surface area (Å²) in [5, 5.41) is 13.6. The number of rotatable bonds is 4. The molecule has 3 heterocycles. The number of nitrogens with one attached hydrogen (secondary N) is 1. The number of aromatic nitrogens is 2. The second-order valence-electron chi connectivity index (χ2n) is 7.58. The Hall–Kier alpha value is -2.68. The molecular weight excluding hydrogens is 406 g/mol. The number of aliphatic hydroxyl groups is 1. The SMILES string of the molecule is Cc1nc(C2=C(N)CN(C(=O)c3ccccc3OC3CNCC3O)C2)nc(C)c1Cl. The molecule has 2 atom stereocenters. The van der Waals surface area contributed by atoms with Crippen molar-refractivity contribution in [2.24, 2.45) is 5.73 Å². The van der Waals surface area contributed by atoms with E-state index in [0.717, 1.165) is 5.57 Å². The first kappa shape index (κ1) is 20.6. The summed E-state index contributed by atoms with van der Waals surface area (Å²) in [6, 6.07) is 7.04. The van der Waals surface area contributed by atoms with Crippen molar-refractivity contribution < 1.29 is 14.6 Å². The van der Waals surface area contributed by atoms with Crippen LogP contribution in [0.4, 0.5) is 0 Å². The summed E-state index contributed by atoms with van der Waals surface area (Å²) in [4.78, 5) is 23.8. The molecule has 0 radical (unpaired) electrons. The fraction of sp³-hybridized carbons (Fsp3) is 0.381. The monoisotopic (exact) mass is 429 g/mol. The van der Waals surface area contributed by atoms with Crippen LogP contribution in [0.15, 0.2) is 30.0 Å². The Morgan fingerprint density at radius 2 is 1.93 bits per heavy atom. The van der Waals surface area contributed by atoms with Crippen LogP contribution in [-0.2, 0) is 0 Å². The lowest BCUT2D eigenvalue weighted by atomic mass is 10.1. The molecule has 2 aliphatic heterocycles. The second-order valence-corrected chi connectivity index (χ2v) is 7.95. The van der Waals surface area contributed by atoms with Crippen molar-refractivity contribution in [3.8, 4) is 5.75 Å². The molecule has 0 bridgehead atoms. The van der Waals surface area contributed by atoms with Crippen molar-refractivity contribution in [2.45, 2.75) is 26.1 Å². The number of β-amino-alcohol motifs (C(OH)–C–C–N with tert-alkyl or cyclic N) is 1. The van der Waals surface area contributed by atoms with E-state index in [4.69, 9.17) is 22.1 Å². The molecule has 1 fully saturated rings. The molecule has 1 aromatic carbocycles. The van der Waals surface area contributed by atoms with Crippen LogP contribution in [0.2, 0.25) is 5.02 Å². The largest absolute Gasteiger partial charge is 0.486 e. The molecule has 0 aliphatic carbocycles. The standard InChI is InChI=1S/C21H24ClN5O3/c1-11-19(22)12(2)26-20(25-11)14-9-27(10-15(14)23)21(29)13-5-3-4-6-17(13)30-18-8-24-7-16(18)28/h3-6,16,18,24,28H,7-10,23H2,1-2H3. The smallest absolute Gasteiger partial charge is 0.258 e. The molecule has 30 heavy (non-hydrogen) atoms. The van der Waals surface area contributed by atoms with Gasteiger partial charge in [0.25, 0.3) is 5.91 Å². The highest BCUT2D eigenvalue weighted by Gasteiger charge is 2.31. The topological polar surface area (TPSA) is 114 Å². The summed E-state index contributed by atoms with van der Waals surface area (Å²) < 4.78 is 5.94. The quantitative estimate of drug-likeness (QED) is 0.670. The Morgan fingerprint density at radius 3 is 2.60 bits per heavy atom. The first-order chi connectivity index (χ1) is 14.3. The molecule has 1 aromatic heterocycles. The third-order valence-electron chi connectivity index (χ3n) is 5.36. The maximum atomic E-state index is 13.3. The Bertz CT molecular complexity index is 1000. The van der Waals surface area contributed by atoms with Gasteiger partial charge in [-0.3, -0.25) is 4.79 Å². The van der Waals surface area contributed by atoms with Crippen molar-refractivity contribution in [3.63, 3.8) is 0 Å². The van der Waals surface area contributed by atoms with Crippen molar-refractivity contribution in [1.29, 1.82) is 0 Å². The number of nitrogens with zero attached hydrogens (tertiary/aromatic N) is 3. The molecule has 8 nitrogen and oxygen atoms in total. The minimum absolute atomic E-state index is 0.202. The molecule has 1 amide bonds. The minimum atomic E-state index is -0.614. The highest BCUT2D eigenvalue weighted by molar-refractivity contribution is 6.31. The van der Waals surface area contributed by atoms with Gasteiger partial charge in [-0.05, 0) is 26.0 Å². The summed E-state index contributed by atoms with van der Waals surface area (Å²) in [5.74, 6) is 0.731. The first-order valence-electron chi connectivity index (χ1n) is 9.77. The van der Waals surface area contributed by atoms with Crippen LogP contribution in [0.1, 0.15) is 27.6 Å². The van der Waals surface area contributed by atoms with E-state index < -0.39 is 12.2 Å². The van der Waals surface area contributed by atoms with Crippen LogP contribution in [0.25, 0.3) is 5.57 Å². The summed E-state index contributed by atoms with van der Waals surface area (Å²) in [5.41, 5.74) is 9.29. The lowest BCUT2D eigenvalue weighted by Crippen LogP contribution is -2.33. The van der Waals surface area contributed by atoms with Crippen LogP contribution in [-0.4, -0.2) is 64.3 Å². The van der Waals surface area contributed by atoms with Gasteiger partial charge in [0.05, 0.1) is 35.1 Å². The van der Waals surface area contributed by atoms with Gasteiger partial charge < -0.3 is 25.8 Å². The number of nitrogens with two attached hydrogens (primary N) is 1. The van der Waals surface area contributed by atoms with E-state index in [0.29, 0.717) is 58.9 Å². The van der Waals surface area contributed by atoms with Crippen molar-refractivity contribution in [2.75, 3.05) is 26.2 Å². The number of aryl methyl sites for hydroxylation is 2. The highest BCUT2D eigenvalue weighted by atomic mass is 35.5. The fourth-order valence-corrected chi connectivity index (χ4v) is 3.77. The van der Waals surface area contributed by atoms with Gasteiger partial charge in [0.1, 0.15) is 18.0 Å². The number of hydrogen-bond acceptors (Lipinski definition) is 7. The number of hydrogen-bond donors (Lipinski definition) is 3. The molecule has 9 heteroatoms. The van der Waals surface area contributed by atoms with Crippen LogP contribution >= 0.6 is 11.6 Å². The number of benzene rings is 1. The van der Waals surface area contributed by atoms with Crippen LogP contribution in [0.3, 0.4) is 0 Å². The van der Waals surface area contributed by atoms with Gasteiger partial charge in [-0.15, -0.1) is 0 Å². The number of ether oxygens (including phenoxy) is 1. The van der Waals surface area contributed by atoms with Crippen LogP contribution in [0, 0.1) is 13.8 Å². The fourth-order valence-electron chi connectivity index (χ4n) is 3.69. The van der Waals surface area contributed by atoms with Crippen LogP contribution < -0.4 is 15.8 Å². The van der Waals surface area contributed by atoms with Gasteiger partial charge in [-0.2, -0.15) is 0 Å². The van der Waals surface area contributed by atoms with Gasteiger partial charge >= 0.3 is 0 Å². The summed E-state index contributed by atoms with van der Waals surface area (Å²) in [6.07, 6.45) is -1.01. The molecule has 0 spiro atoms. The summed E-state index contributed by atoms with van der Waals surface area (Å²) in [6.45, 7) is 5.20. The predicted octanol–water partition coefficient (Wildman–Crippen LogP) is 1.28. The number of carbonyl (C=O) groups excluding carboxylic acids is 1. The maximum Gasteiger partial charge on any atom is 0.258 e. The van der Waals surface area contributed by atoms with E-state index in [2.05, 4.69) is 15.3 Å². The summed E-state index contributed by atoms with van der Waals surface area (Å²) >= 11 is 6.18. The predicted molar refractivity (Wildman–Crippen MR) is 113 cm³/mol. The van der Waals surface area contributed by atoms with E-state index in [-0.39, 0.29) is 12.5 Å². The normalized spacial score (nSPS) is 21.4. The molecule has 2 aromatic rings. The van der Waals surface area contributed by atoms with Gasteiger partial charge in [0, 0.05) is 24.4 Å². The zero-order chi connectivity index (χ0) is 21.4. The van der Waals surface area contributed by atoms with Crippen LogP contribution in [0.5, 0.6) is 5.75 Å². The Kier molecular flexibility index (Phi) is 5.64. The van der Waals surface area contributed by atoms with Gasteiger partial charge in [0.2, 0.25) is 0 Å². The third kappa shape index (κ3) is 3.86. The molecule has 0 saturated carbocycles. The zero-order valence-corrected chi connectivity index (χ0v) is 17.6. The van der Waals surface area contributed by atoms with Crippen molar-refractivity contribution in [1.82, 2.24) is 20.2 Å². The Balaban J connectivity index is 1.55. The Morgan fingerprint density at radius 1 is 1.23 bits per heavy atom. The number of para-hydroxylation sites is 1. The number of aliphatic hydroxyl groups excluding tert-OH is 1. The third-order valence-corrected chi connectivity index (χ3v) is 5.91. The Labute approximate surface area is 179 Å². The van der Waals surface area contributed by atoms with Crippen molar-refractivity contribution >= 4 is 23.1 Å². The van der Waals surface area contributed by atoms with E-state index in [9.17, 15) is 9.90 Å². The average molecular weight is 430 g/mol. The molecule has 2 aliphatic rings.